The van der Waals surface area contributed by atoms with Crippen LogP contribution in [-0.2, 0) is 20.8 Å². The molecule has 0 saturated carbocycles. The minimum Gasteiger partial charge on any atom is -0.481 e. The number of aliphatic carboxylic acids is 1. The maximum Gasteiger partial charge on any atom is 0.313 e. The number of nitrogens with zero attached hydrogens (tertiary/aromatic N) is 2. The third-order valence-electron chi connectivity index (χ3n) is 5.50. The number of amides is 2. The number of rotatable bonds is 6. The predicted molar refractivity (Wildman–Crippen MR) is 95.4 cm³/mol. The summed E-state index contributed by atoms with van der Waals surface area (Å²) in [6.07, 6.45) is 0.766. The van der Waals surface area contributed by atoms with Crippen LogP contribution in [0.5, 0.6) is 0 Å². The number of carbonyl (C=O) groups is 3. The zero-order valence-corrected chi connectivity index (χ0v) is 15.0. The number of nitrogens with one attached hydrogen (secondary N) is 1. The van der Waals surface area contributed by atoms with Gasteiger partial charge in [-0.3, -0.25) is 19.3 Å². The van der Waals surface area contributed by atoms with E-state index in [2.05, 4.69) is 5.32 Å². The molecular formula is C19H25N3O4. The highest BCUT2D eigenvalue weighted by Gasteiger charge is 2.58. The molecule has 2 fully saturated rings. The summed E-state index contributed by atoms with van der Waals surface area (Å²) in [4.78, 5) is 39.2. The molecule has 140 valence electrons. The van der Waals surface area contributed by atoms with Crippen LogP contribution in [0.4, 0.5) is 0 Å². The van der Waals surface area contributed by atoms with E-state index in [1.165, 1.54) is 6.92 Å². The molecule has 26 heavy (non-hydrogen) atoms. The van der Waals surface area contributed by atoms with Gasteiger partial charge in [-0.05, 0) is 12.0 Å². The second kappa shape index (κ2) is 7.45. The van der Waals surface area contributed by atoms with Gasteiger partial charge in [0.2, 0.25) is 11.8 Å². The van der Waals surface area contributed by atoms with Crippen molar-refractivity contribution in [3.8, 4) is 0 Å². The number of likely N-dealkylation sites (tertiary alicyclic amines) is 2. The van der Waals surface area contributed by atoms with E-state index in [0.717, 1.165) is 12.0 Å². The summed E-state index contributed by atoms with van der Waals surface area (Å²) in [5.41, 5.74) is 0.216. The number of fused-ring (bicyclic) bond motifs is 1. The third kappa shape index (κ3) is 3.72. The van der Waals surface area contributed by atoms with Crippen LogP contribution < -0.4 is 5.32 Å². The average Bonchev–Trinajstić information content (AvgIpc) is 3.11. The Hall–Kier alpha value is -2.41. The Labute approximate surface area is 153 Å². The molecule has 0 radical (unpaired) electrons. The van der Waals surface area contributed by atoms with Gasteiger partial charge in [-0.1, -0.05) is 30.3 Å². The fourth-order valence-electron chi connectivity index (χ4n) is 4.08. The molecule has 0 aliphatic carbocycles. The zero-order chi connectivity index (χ0) is 18.7. The van der Waals surface area contributed by atoms with Crippen LogP contribution in [0.2, 0.25) is 0 Å². The summed E-state index contributed by atoms with van der Waals surface area (Å²) in [7, 11) is 0. The molecule has 2 N–H and O–H groups in total. The number of carbonyl (C=O) groups excluding carboxylic acids is 2. The van der Waals surface area contributed by atoms with Gasteiger partial charge >= 0.3 is 5.97 Å². The van der Waals surface area contributed by atoms with Crippen molar-refractivity contribution in [3.05, 3.63) is 35.9 Å². The van der Waals surface area contributed by atoms with Gasteiger partial charge < -0.3 is 15.3 Å². The molecule has 2 aliphatic heterocycles. The molecule has 1 aromatic carbocycles. The van der Waals surface area contributed by atoms with Gasteiger partial charge in [0.05, 0.1) is 6.54 Å². The Kier molecular flexibility index (Phi) is 5.27. The number of carboxylic acid groups (broad SMARTS) is 1. The normalized spacial score (nSPS) is 25.1. The van der Waals surface area contributed by atoms with E-state index < -0.39 is 11.4 Å². The first-order valence-corrected chi connectivity index (χ1v) is 8.92. The quantitative estimate of drug-likeness (QED) is 0.758. The molecule has 2 aliphatic rings. The van der Waals surface area contributed by atoms with E-state index in [4.69, 9.17) is 0 Å². The van der Waals surface area contributed by atoms with Crippen molar-refractivity contribution < 1.29 is 19.5 Å². The SMILES string of the molecule is CC(=O)N1C[C@@H]2CN(CC(=O)NCCc3ccccc3)C[C@]2(C(=O)O)C1. The number of carboxylic acids is 1. The molecule has 7 nitrogen and oxygen atoms in total. The van der Waals surface area contributed by atoms with Crippen LogP contribution >= 0.6 is 0 Å². The second-order valence-corrected chi connectivity index (χ2v) is 7.31. The van der Waals surface area contributed by atoms with Crippen molar-refractivity contribution in [1.82, 2.24) is 15.1 Å². The Balaban J connectivity index is 1.50. The molecule has 2 saturated heterocycles. The van der Waals surface area contributed by atoms with Gasteiger partial charge in [0.15, 0.2) is 0 Å². The lowest BCUT2D eigenvalue weighted by atomic mass is 9.81. The number of benzene rings is 1. The Morgan fingerprint density at radius 3 is 2.54 bits per heavy atom. The average molecular weight is 359 g/mol. The van der Waals surface area contributed by atoms with E-state index in [0.29, 0.717) is 26.2 Å². The Morgan fingerprint density at radius 1 is 1.19 bits per heavy atom. The molecule has 3 rings (SSSR count). The summed E-state index contributed by atoms with van der Waals surface area (Å²) >= 11 is 0. The number of hydrogen-bond donors (Lipinski definition) is 2. The van der Waals surface area contributed by atoms with Crippen molar-refractivity contribution in [3.63, 3.8) is 0 Å². The molecular weight excluding hydrogens is 334 g/mol. The van der Waals surface area contributed by atoms with Crippen LogP contribution in [0.1, 0.15) is 12.5 Å². The Bertz CT molecular complexity index is 693. The molecule has 7 heteroatoms. The fourth-order valence-corrected chi connectivity index (χ4v) is 4.08. The lowest BCUT2D eigenvalue weighted by molar-refractivity contribution is -0.149. The van der Waals surface area contributed by atoms with Gasteiger partial charge in [-0.2, -0.15) is 0 Å². The van der Waals surface area contributed by atoms with Gasteiger partial charge in [0.25, 0.3) is 0 Å². The summed E-state index contributed by atoms with van der Waals surface area (Å²) in [5, 5.41) is 12.6. The molecule has 0 spiro atoms. The van der Waals surface area contributed by atoms with Gasteiger partial charge in [-0.25, -0.2) is 0 Å². The summed E-state index contributed by atoms with van der Waals surface area (Å²) in [5.74, 6) is -1.19. The molecule has 0 aromatic heterocycles. The first-order chi connectivity index (χ1) is 12.4. The molecule has 0 unspecified atom stereocenters. The highest BCUT2D eigenvalue weighted by atomic mass is 16.4. The van der Waals surface area contributed by atoms with Crippen molar-refractivity contribution in [2.45, 2.75) is 13.3 Å². The lowest BCUT2D eigenvalue weighted by Crippen LogP contribution is -2.43. The molecule has 0 bridgehead atoms. The Morgan fingerprint density at radius 2 is 1.92 bits per heavy atom. The van der Waals surface area contributed by atoms with Crippen LogP contribution in [0, 0.1) is 11.3 Å². The van der Waals surface area contributed by atoms with Crippen molar-refractivity contribution in [2.75, 3.05) is 39.3 Å². The highest BCUT2D eigenvalue weighted by Crippen LogP contribution is 2.42. The monoisotopic (exact) mass is 359 g/mol. The smallest absolute Gasteiger partial charge is 0.313 e. The molecule has 2 amide bonds. The lowest BCUT2D eigenvalue weighted by Gasteiger charge is -2.24. The van der Waals surface area contributed by atoms with Gasteiger partial charge in [0, 0.05) is 45.6 Å². The van der Waals surface area contributed by atoms with E-state index in [9.17, 15) is 19.5 Å². The third-order valence-corrected chi connectivity index (χ3v) is 5.50. The van der Waals surface area contributed by atoms with Crippen LogP contribution in [0.3, 0.4) is 0 Å². The summed E-state index contributed by atoms with van der Waals surface area (Å²) in [6, 6.07) is 9.93. The number of hydrogen-bond acceptors (Lipinski definition) is 4. The maximum absolute atomic E-state index is 12.2. The van der Waals surface area contributed by atoms with Crippen molar-refractivity contribution >= 4 is 17.8 Å². The predicted octanol–water partition coefficient (Wildman–Crippen LogP) is 0.210. The molecule has 1 aromatic rings. The zero-order valence-electron chi connectivity index (χ0n) is 15.0. The van der Waals surface area contributed by atoms with E-state index in [-0.39, 0.29) is 30.8 Å². The standard InChI is InChI=1S/C19H25N3O4/c1-14(23)22-10-16-9-21(12-19(16,13-22)18(25)26)11-17(24)20-8-7-15-5-3-2-4-6-15/h2-6,16H,7-13H2,1H3,(H,20,24)(H,25,26)/t16-,19-/m0/s1. The summed E-state index contributed by atoms with van der Waals surface area (Å²) < 4.78 is 0. The fraction of sp³-hybridized carbons (Fsp3) is 0.526. The summed E-state index contributed by atoms with van der Waals surface area (Å²) in [6.45, 7) is 3.74. The van der Waals surface area contributed by atoms with Gasteiger partial charge in [0.1, 0.15) is 5.41 Å². The highest BCUT2D eigenvalue weighted by molar-refractivity contribution is 5.81. The minimum atomic E-state index is -0.948. The maximum atomic E-state index is 12.2. The van der Waals surface area contributed by atoms with Crippen molar-refractivity contribution in [2.24, 2.45) is 11.3 Å². The molecule has 2 atom stereocenters. The van der Waals surface area contributed by atoms with E-state index in [1.807, 2.05) is 35.2 Å². The second-order valence-electron chi connectivity index (χ2n) is 7.31. The van der Waals surface area contributed by atoms with E-state index >= 15 is 0 Å². The largest absolute Gasteiger partial charge is 0.481 e. The van der Waals surface area contributed by atoms with Crippen molar-refractivity contribution in [1.29, 1.82) is 0 Å². The topological polar surface area (TPSA) is 90.0 Å². The minimum absolute atomic E-state index is 0.0924. The first kappa shape index (κ1) is 18.4. The van der Waals surface area contributed by atoms with Crippen LogP contribution in [-0.4, -0.2) is 72.0 Å². The van der Waals surface area contributed by atoms with Crippen LogP contribution in [0.25, 0.3) is 0 Å². The first-order valence-electron chi connectivity index (χ1n) is 8.92. The van der Waals surface area contributed by atoms with Crippen LogP contribution in [0.15, 0.2) is 30.3 Å². The van der Waals surface area contributed by atoms with E-state index in [1.54, 1.807) is 4.90 Å². The molecule has 2 heterocycles. The van der Waals surface area contributed by atoms with Gasteiger partial charge in [-0.15, -0.1) is 0 Å².